The van der Waals surface area contributed by atoms with Crippen LogP contribution in [0.2, 0.25) is 0 Å². The van der Waals surface area contributed by atoms with Crippen LogP contribution in [0.15, 0.2) is 0 Å². The van der Waals surface area contributed by atoms with E-state index in [1.54, 1.807) is 0 Å². The molecule has 0 radical (unpaired) electrons. The van der Waals surface area contributed by atoms with Gasteiger partial charge in [-0.15, -0.1) is 6.42 Å². The van der Waals surface area contributed by atoms with Crippen molar-refractivity contribution in [1.82, 2.24) is 0 Å². The maximum absolute atomic E-state index is 11.2. The molecular formula is C13H16O2. The first-order chi connectivity index (χ1) is 7.19. The monoisotopic (exact) mass is 204 g/mol. The average molecular weight is 204 g/mol. The van der Waals surface area contributed by atoms with Crippen LogP contribution >= 0.6 is 0 Å². The van der Waals surface area contributed by atoms with Gasteiger partial charge in [-0.05, 0) is 56.3 Å². The van der Waals surface area contributed by atoms with E-state index in [9.17, 15) is 4.79 Å². The molecule has 4 bridgehead atoms. The molecule has 2 heteroatoms. The second-order valence-corrected chi connectivity index (χ2v) is 5.63. The fourth-order valence-electron chi connectivity index (χ4n) is 4.38. The zero-order valence-electron chi connectivity index (χ0n) is 8.87. The first kappa shape index (κ1) is 9.27. The number of ether oxygens (including phenoxy) is 1. The lowest BCUT2D eigenvalue weighted by Crippen LogP contribution is -2.52. The molecule has 0 aromatic carbocycles. The molecule has 4 aliphatic carbocycles. The number of carbonyl (C=O) groups excluding carboxylic acids is 1. The zero-order chi connectivity index (χ0) is 10.5. The van der Waals surface area contributed by atoms with Crippen molar-refractivity contribution in [3.05, 3.63) is 0 Å². The van der Waals surface area contributed by atoms with E-state index in [2.05, 4.69) is 5.92 Å². The Morgan fingerprint density at radius 2 is 1.60 bits per heavy atom. The number of rotatable bonds is 1. The summed E-state index contributed by atoms with van der Waals surface area (Å²) in [5, 5.41) is 0. The molecule has 4 saturated carbocycles. The van der Waals surface area contributed by atoms with Gasteiger partial charge in [0.25, 0.3) is 0 Å². The van der Waals surface area contributed by atoms with Crippen molar-refractivity contribution in [2.75, 3.05) is 0 Å². The van der Waals surface area contributed by atoms with Crippen molar-refractivity contribution in [1.29, 1.82) is 0 Å². The molecule has 2 nitrogen and oxygen atoms in total. The lowest BCUT2D eigenvalue weighted by molar-refractivity contribution is -0.180. The van der Waals surface area contributed by atoms with Gasteiger partial charge in [0.1, 0.15) is 5.60 Å². The van der Waals surface area contributed by atoms with Gasteiger partial charge in [0, 0.05) is 5.92 Å². The van der Waals surface area contributed by atoms with E-state index in [4.69, 9.17) is 11.2 Å². The lowest BCUT2D eigenvalue weighted by atomic mass is 9.54. The maximum atomic E-state index is 11.2. The van der Waals surface area contributed by atoms with Gasteiger partial charge in [0.15, 0.2) is 0 Å². The number of terminal acetylenes is 1. The van der Waals surface area contributed by atoms with Crippen LogP contribution in [0, 0.1) is 30.1 Å². The lowest BCUT2D eigenvalue weighted by Gasteiger charge is -2.55. The number of esters is 1. The molecule has 0 amide bonds. The van der Waals surface area contributed by atoms with Gasteiger partial charge in [-0.3, -0.25) is 0 Å². The molecule has 0 aromatic rings. The summed E-state index contributed by atoms with van der Waals surface area (Å²) >= 11 is 0. The quantitative estimate of drug-likeness (QED) is 0.371. The largest absolute Gasteiger partial charge is 0.449 e. The second-order valence-electron chi connectivity index (χ2n) is 5.63. The Hall–Kier alpha value is -0.970. The minimum absolute atomic E-state index is 0.168. The number of carbonyl (C=O) groups is 1. The SMILES string of the molecule is C#CC(=O)OC12CC3CC(CC(C3)C1)C2. The molecule has 0 N–H and O–H groups in total. The summed E-state index contributed by atoms with van der Waals surface area (Å²) in [6, 6.07) is 0. The van der Waals surface area contributed by atoms with Crippen LogP contribution in [-0.4, -0.2) is 11.6 Å². The summed E-state index contributed by atoms with van der Waals surface area (Å²) in [6.45, 7) is 0. The van der Waals surface area contributed by atoms with Crippen molar-refractivity contribution in [3.63, 3.8) is 0 Å². The Balaban J connectivity index is 1.81. The van der Waals surface area contributed by atoms with E-state index in [0.29, 0.717) is 0 Å². The van der Waals surface area contributed by atoms with Gasteiger partial charge in [0.2, 0.25) is 0 Å². The van der Waals surface area contributed by atoms with E-state index in [-0.39, 0.29) is 5.60 Å². The Morgan fingerprint density at radius 1 is 1.13 bits per heavy atom. The topological polar surface area (TPSA) is 26.3 Å². The Morgan fingerprint density at radius 3 is 2.00 bits per heavy atom. The van der Waals surface area contributed by atoms with Crippen LogP contribution in [-0.2, 0) is 9.53 Å². The molecule has 15 heavy (non-hydrogen) atoms. The highest BCUT2D eigenvalue weighted by atomic mass is 16.6. The van der Waals surface area contributed by atoms with Gasteiger partial charge in [-0.1, -0.05) is 0 Å². The van der Waals surface area contributed by atoms with Crippen molar-refractivity contribution >= 4 is 5.97 Å². The van der Waals surface area contributed by atoms with E-state index >= 15 is 0 Å². The van der Waals surface area contributed by atoms with Crippen LogP contribution < -0.4 is 0 Å². The second kappa shape index (κ2) is 3.01. The van der Waals surface area contributed by atoms with Crippen molar-refractivity contribution < 1.29 is 9.53 Å². The summed E-state index contributed by atoms with van der Waals surface area (Å²) < 4.78 is 5.52. The molecule has 0 aromatic heterocycles. The van der Waals surface area contributed by atoms with Crippen LogP contribution in [0.4, 0.5) is 0 Å². The average Bonchev–Trinajstić information content (AvgIpc) is 2.14. The molecular weight excluding hydrogens is 188 g/mol. The number of hydrogen-bond donors (Lipinski definition) is 0. The van der Waals surface area contributed by atoms with Gasteiger partial charge < -0.3 is 4.74 Å². The zero-order valence-corrected chi connectivity index (χ0v) is 8.87. The summed E-state index contributed by atoms with van der Waals surface area (Å²) in [6.07, 6.45) is 12.3. The molecule has 4 aliphatic rings. The fourth-order valence-corrected chi connectivity index (χ4v) is 4.38. The smallest absolute Gasteiger partial charge is 0.384 e. The van der Waals surface area contributed by atoms with Crippen LogP contribution in [0.25, 0.3) is 0 Å². The molecule has 0 spiro atoms. The number of hydrogen-bond acceptors (Lipinski definition) is 2. The van der Waals surface area contributed by atoms with E-state index < -0.39 is 5.97 Å². The molecule has 0 heterocycles. The molecule has 0 aliphatic heterocycles. The van der Waals surface area contributed by atoms with Gasteiger partial charge in [0.05, 0.1) is 0 Å². The van der Waals surface area contributed by atoms with Crippen molar-refractivity contribution in [2.24, 2.45) is 17.8 Å². The third kappa shape index (κ3) is 1.45. The molecule has 4 rings (SSSR count). The molecule has 80 valence electrons. The minimum Gasteiger partial charge on any atom is -0.449 e. The summed E-state index contributed by atoms with van der Waals surface area (Å²) in [5.41, 5.74) is -0.168. The Labute approximate surface area is 90.4 Å². The highest BCUT2D eigenvalue weighted by Gasteiger charge is 2.53. The molecule has 0 unspecified atom stereocenters. The predicted octanol–water partition coefficient (Wildman–Crippen LogP) is 2.13. The minimum atomic E-state index is -0.461. The normalized spacial score (nSPS) is 46.2. The Kier molecular flexibility index (Phi) is 1.86. The van der Waals surface area contributed by atoms with Crippen molar-refractivity contribution in [2.45, 2.75) is 44.1 Å². The molecule has 0 saturated heterocycles. The van der Waals surface area contributed by atoms with E-state index in [0.717, 1.165) is 37.0 Å². The van der Waals surface area contributed by atoms with Crippen LogP contribution in [0.3, 0.4) is 0 Å². The summed E-state index contributed by atoms with van der Waals surface area (Å²) in [5.74, 6) is 4.00. The van der Waals surface area contributed by atoms with Gasteiger partial charge in [-0.25, -0.2) is 4.79 Å². The predicted molar refractivity (Wildman–Crippen MR) is 55.8 cm³/mol. The van der Waals surface area contributed by atoms with Crippen LogP contribution in [0.5, 0.6) is 0 Å². The van der Waals surface area contributed by atoms with Crippen molar-refractivity contribution in [3.8, 4) is 12.3 Å². The van der Waals surface area contributed by atoms with Crippen LogP contribution in [0.1, 0.15) is 38.5 Å². The highest BCUT2D eigenvalue weighted by Crippen LogP contribution is 2.57. The standard InChI is InChI=1S/C13H16O2/c1-2-12(14)15-13-6-9-3-10(7-13)5-11(4-9)8-13/h1,9-11H,3-8H2. The van der Waals surface area contributed by atoms with E-state index in [1.165, 1.54) is 19.3 Å². The summed E-state index contributed by atoms with van der Waals surface area (Å²) in [4.78, 5) is 11.2. The first-order valence-electron chi connectivity index (χ1n) is 5.89. The molecule has 4 fully saturated rings. The van der Waals surface area contributed by atoms with Gasteiger partial charge >= 0.3 is 5.97 Å². The fraction of sp³-hybridized carbons (Fsp3) is 0.769. The third-order valence-corrected chi connectivity index (χ3v) is 4.41. The third-order valence-electron chi connectivity index (χ3n) is 4.41. The Bertz CT molecular complexity index is 302. The highest BCUT2D eigenvalue weighted by molar-refractivity contribution is 5.88. The first-order valence-corrected chi connectivity index (χ1v) is 5.89. The maximum Gasteiger partial charge on any atom is 0.384 e. The molecule has 0 atom stereocenters. The van der Waals surface area contributed by atoms with E-state index in [1.807, 2.05) is 0 Å². The van der Waals surface area contributed by atoms with Gasteiger partial charge in [-0.2, -0.15) is 0 Å². The summed E-state index contributed by atoms with van der Waals surface area (Å²) in [7, 11) is 0.